The molecule has 0 aliphatic carbocycles. The van der Waals surface area contributed by atoms with Gasteiger partial charge in [0.25, 0.3) is 0 Å². The van der Waals surface area contributed by atoms with Crippen LogP contribution in [0.2, 0.25) is 0 Å². The average molecular weight is 388 g/mol. The zero-order valence-corrected chi connectivity index (χ0v) is 17.8. The van der Waals surface area contributed by atoms with Crippen molar-refractivity contribution >= 4 is 23.7 Å². The van der Waals surface area contributed by atoms with E-state index < -0.39 is 0 Å². The molecular formula is C19H33N9. The average Bonchev–Trinajstić information content (AvgIpc) is 2.66. The van der Waals surface area contributed by atoms with E-state index in [0.29, 0.717) is 35.7 Å². The van der Waals surface area contributed by atoms with E-state index in [0.717, 1.165) is 26.2 Å². The molecule has 0 saturated carbocycles. The summed E-state index contributed by atoms with van der Waals surface area (Å²) in [5.41, 5.74) is 0. The normalized spacial score (nSPS) is 11.3. The van der Waals surface area contributed by atoms with Gasteiger partial charge in [0, 0.05) is 44.5 Å². The molecule has 9 heteroatoms. The zero-order valence-electron chi connectivity index (χ0n) is 17.8. The second kappa shape index (κ2) is 10.7. The van der Waals surface area contributed by atoms with E-state index in [9.17, 15) is 0 Å². The molecule has 0 spiro atoms. The van der Waals surface area contributed by atoms with Crippen LogP contribution in [0.15, 0.2) is 18.6 Å². The number of anilines is 4. The van der Waals surface area contributed by atoms with Crippen molar-refractivity contribution in [1.82, 2.24) is 29.8 Å². The molecule has 0 atom stereocenters. The molecule has 28 heavy (non-hydrogen) atoms. The molecule has 0 fully saturated rings. The monoisotopic (exact) mass is 387 g/mol. The van der Waals surface area contributed by atoms with Crippen molar-refractivity contribution < 1.29 is 0 Å². The number of hydrogen-bond acceptors (Lipinski definition) is 9. The Bertz CT molecular complexity index is 694. The summed E-state index contributed by atoms with van der Waals surface area (Å²) < 4.78 is 0. The minimum absolute atomic E-state index is 0.461. The van der Waals surface area contributed by atoms with Crippen LogP contribution < -0.4 is 15.5 Å². The Kier molecular flexibility index (Phi) is 8.31. The number of aromatic nitrogens is 5. The lowest BCUT2D eigenvalue weighted by atomic mass is 10.2. The van der Waals surface area contributed by atoms with Gasteiger partial charge in [-0.2, -0.15) is 15.0 Å². The quantitative estimate of drug-likeness (QED) is 0.603. The van der Waals surface area contributed by atoms with Gasteiger partial charge in [0.1, 0.15) is 12.1 Å². The Morgan fingerprint density at radius 3 is 2.21 bits per heavy atom. The van der Waals surface area contributed by atoms with Crippen molar-refractivity contribution in [1.29, 1.82) is 0 Å². The van der Waals surface area contributed by atoms with Gasteiger partial charge in [-0.25, -0.2) is 9.97 Å². The summed E-state index contributed by atoms with van der Waals surface area (Å²) >= 11 is 0. The number of rotatable bonds is 11. The predicted molar refractivity (Wildman–Crippen MR) is 114 cm³/mol. The number of nitrogens with zero attached hydrogens (tertiary/aromatic N) is 7. The fourth-order valence-electron chi connectivity index (χ4n) is 3.04. The maximum Gasteiger partial charge on any atom is 0.235 e. The van der Waals surface area contributed by atoms with E-state index in [1.165, 1.54) is 6.33 Å². The van der Waals surface area contributed by atoms with Crippen LogP contribution in [0.4, 0.5) is 23.7 Å². The van der Waals surface area contributed by atoms with Crippen molar-refractivity contribution in [2.24, 2.45) is 0 Å². The Balaban J connectivity index is 2.17. The molecule has 2 heterocycles. The van der Waals surface area contributed by atoms with E-state index in [4.69, 9.17) is 0 Å². The van der Waals surface area contributed by atoms with Crippen molar-refractivity contribution in [2.45, 2.75) is 53.6 Å². The Morgan fingerprint density at radius 2 is 1.64 bits per heavy atom. The van der Waals surface area contributed by atoms with Crippen LogP contribution in [0.1, 0.15) is 41.5 Å². The Hall–Kier alpha value is -2.55. The lowest BCUT2D eigenvalue weighted by molar-refractivity contribution is 0.182. The molecule has 0 bridgehead atoms. The number of nitrogens with one attached hydrogen (secondary N) is 2. The highest BCUT2D eigenvalue weighted by molar-refractivity contribution is 5.51. The topological polar surface area (TPSA) is 95.0 Å². The van der Waals surface area contributed by atoms with Crippen LogP contribution in [0.25, 0.3) is 0 Å². The molecule has 0 aliphatic heterocycles. The molecule has 2 aromatic heterocycles. The molecule has 2 N–H and O–H groups in total. The summed E-state index contributed by atoms with van der Waals surface area (Å²) in [6.45, 7) is 16.3. The third-order valence-electron chi connectivity index (χ3n) is 4.47. The third-order valence-corrected chi connectivity index (χ3v) is 4.47. The highest BCUT2D eigenvalue weighted by Crippen LogP contribution is 2.16. The second-order valence-corrected chi connectivity index (χ2v) is 7.03. The third kappa shape index (κ3) is 6.26. The molecule has 9 nitrogen and oxygen atoms in total. The number of hydrogen-bond donors (Lipinski definition) is 2. The van der Waals surface area contributed by atoms with Crippen LogP contribution in [0.3, 0.4) is 0 Å². The molecule has 0 aliphatic rings. The molecule has 0 aromatic carbocycles. The maximum absolute atomic E-state index is 4.60. The van der Waals surface area contributed by atoms with Gasteiger partial charge in [0.2, 0.25) is 17.8 Å². The largest absolute Gasteiger partial charge is 0.353 e. The van der Waals surface area contributed by atoms with Gasteiger partial charge >= 0.3 is 0 Å². The predicted octanol–water partition coefficient (Wildman–Crippen LogP) is 2.78. The minimum Gasteiger partial charge on any atom is -0.353 e. The Morgan fingerprint density at radius 1 is 0.964 bits per heavy atom. The van der Waals surface area contributed by atoms with Crippen LogP contribution in [0.5, 0.6) is 0 Å². The van der Waals surface area contributed by atoms with Gasteiger partial charge in [0.15, 0.2) is 0 Å². The summed E-state index contributed by atoms with van der Waals surface area (Å²) in [5, 5.41) is 6.48. The summed E-state index contributed by atoms with van der Waals surface area (Å²) in [5.74, 6) is 2.30. The zero-order chi connectivity index (χ0) is 20.5. The highest BCUT2D eigenvalue weighted by Gasteiger charge is 2.14. The highest BCUT2D eigenvalue weighted by atomic mass is 15.3. The Labute approximate surface area is 168 Å². The summed E-state index contributed by atoms with van der Waals surface area (Å²) in [6, 6.07) is 2.75. The SMILES string of the molecule is CCN(CC)c1nc(NCCN(C(C)C)C(C)C)nc(Nc2ccncn2)n1. The summed E-state index contributed by atoms with van der Waals surface area (Å²) in [7, 11) is 0. The first kappa shape index (κ1) is 21.7. The fourth-order valence-corrected chi connectivity index (χ4v) is 3.04. The fraction of sp³-hybridized carbons (Fsp3) is 0.632. The molecule has 0 saturated heterocycles. The molecule has 2 aromatic rings. The van der Waals surface area contributed by atoms with Gasteiger partial charge in [-0.15, -0.1) is 0 Å². The lowest BCUT2D eigenvalue weighted by Gasteiger charge is -2.30. The van der Waals surface area contributed by atoms with E-state index in [2.05, 4.69) is 86.9 Å². The van der Waals surface area contributed by atoms with Gasteiger partial charge in [-0.05, 0) is 47.6 Å². The first-order valence-electron chi connectivity index (χ1n) is 9.98. The molecular weight excluding hydrogens is 354 g/mol. The van der Waals surface area contributed by atoms with Crippen LogP contribution in [-0.2, 0) is 0 Å². The first-order valence-corrected chi connectivity index (χ1v) is 9.98. The smallest absolute Gasteiger partial charge is 0.235 e. The maximum atomic E-state index is 4.60. The molecule has 2 rings (SSSR count). The van der Waals surface area contributed by atoms with Crippen molar-refractivity contribution in [3.05, 3.63) is 18.6 Å². The van der Waals surface area contributed by atoms with Gasteiger partial charge in [-0.3, -0.25) is 4.90 Å². The first-order chi connectivity index (χ1) is 13.4. The van der Waals surface area contributed by atoms with E-state index in [1.54, 1.807) is 12.3 Å². The lowest BCUT2D eigenvalue weighted by Crippen LogP contribution is -2.40. The van der Waals surface area contributed by atoms with Crippen LogP contribution >= 0.6 is 0 Å². The molecule has 154 valence electrons. The van der Waals surface area contributed by atoms with Crippen molar-refractivity contribution in [3.8, 4) is 0 Å². The van der Waals surface area contributed by atoms with Gasteiger partial charge in [-0.1, -0.05) is 0 Å². The van der Waals surface area contributed by atoms with Gasteiger partial charge < -0.3 is 15.5 Å². The summed E-state index contributed by atoms with van der Waals surface area (Å²) in [6.07, 6.45) is 3.16. The second-order valence-electron chi connectivity index (χ2n) is 7.03. The van der Waals surface area contributed by atoms with E-state index in [1.807, 2.05) is 0 Å². The van der Waals surface area contributed by atoms with Crippen LogP contribution in [-0.4, -0.2) is 68.1 Å². The van der Waals surface area contributed by atoms with E-state index >= 15 is 0 Å². The molecule has 0 radical (unpaired) electrons. The summed E-state index contributed by atoms with van der Waals surface area (Å²) in [4.78, 5) is 26.3. The van der Waals surface area contributed by atoms with Crippen molar-refractivity contribution in [3.63, 3.8) is 0 Å². The van der Waals surface area contributed by atoms with E-state index in [-0.39, 0.29) is 0 Å². The standard InChI is InChI=1S/C19H33N9/c1-7-27(8-2)19-25-17(21-11-12-28(14(3)4)15(5)6)24-18(26-19)23-16-9-10-20-13-22-16/h9-10,13-15H,7-8,11-12H2,1-6H3,(H2,20,21,22,23,24,25,26). The molecule has 0 amide bonds. The van der Waals surface area contributed by atoms with Crippen molar-refractivity contribution in [2.75, 3.05) is 41.7 Å². The van der Waals surface area contributed by atoms with Gasteiger partial charge in [0.05, 0.1) is 0 Å². The molecule has 0 unspecified atom stereocenters. The van der Waals surface area contributed by atoms with Crippen LogP contribution in [0, 0.1) is 0 Å². The minimum atomic E-state index is 0.461.